The number of halogens is 1. The van der Waals surface area contributed by atoms with E-state index < -0.39 is 0 Å². The van der Waals surface area contributed by atoms with Gasteiger partial charge in [0.1, 0.15) is 5.82 Å². The van der Waals surface area contributed by atoms with Crippen LogP contribution in [0.4, 0.5) is 16.9 Å². The van der Waals surface area contributed by atoms with E-state index in [-0.39, 0.29) is 12.1 Å². The van der Waals surface area contributed by atoms with Crippen LogP contribution in [0.5, 0.6) is 0 Å². The van der Waals surface area contributed by atoms with Crippen molar-refractivity contribution in [3.8, 4) is 0 Å². The predicted molar refractivity (Wildman–Crippen MR) is 131 cm³/mol. The molecule has 2 aromatic heterocycles. The quantitative estimate of drug-likeness (QED) is 0.448. The molecule has 2 aliphatic rings. The zero-order valence-electron chi connectivity index (χ0n) is 17.8. The number of aliphatic hydroxyl groups is 1. The van der Waals surface area contributed by atoms with Crippen LogP contribution in [0.3, 0.4) is 0 Å². The molecular formula is C22H27BrN6O2S. The second-order valence-electron chi connectivity index (χ2n) is 8.36. The predicted octanol–water partition coefficient (Wildman–Crippen LogP) is 4.14. The molecule has 0 unspecified atom stereocenters. The minimum atomic E-state index is -0.182. The molecule has 1 saturated heterocycles. The molecule has 3 N–H and O–H groups in total. The number of rotatable bonds is 6. The summed E-state index contributed by atoms with van der Waals surface area (Å²) in [4.78, 5) is 16.6. The number of nitrogens with one attached hydrogen (secondary N) is 2. The average molecular weight is 519 g/mol. The molecule has 0 bridgehead atoms. The van der Waals surface area contributed by atoms with Gasteiger partial charge in [-0.15, -0.1) is 0 Å². The number of ether oxygens (including phenoxy) is 1. The standard InChI is InChI=1S/C22H27BrN6O2S/c23-14-1-6-18-19(11-14)32-22(26-18)28-20-12-16(13-29-7-9-31-10-8-29)25-21(27-20)24-15-2-4-17(30)5-3-15/h1,6,11-12,15,17,30H,2-5,7-10,13H2,(H2,24,25,26,27,28). The molecule has 1 aliphatic heterocycles. The van der Waals surface area contributed by atoms with E-state index in [2.05, 4.69) is 37.5 Å². The number of anilines is 3. The van der Waals surface area contributed by atoms with Crippen LogP contribution in [0.25, 0.3) is 10.2 Å². The Labute approximate surface area is 199 Å². The maximum absolute atomic E-state index is 9.81. The SMILES string of the molecule is OC1CCC(Nc2nc(CN3CCOCC3)cc(Nc3nc4ccc(Br)cc4s3)n2)CC1. The highest BCUT2D eigenvalue weighted by Crippen LogP contribution is 2.30. The largest absolute Gasteiger partial charge is 0.393 e. The van der Waals surface area contributed by atoms with Crippen molar-refractivity contribution in [2.24, 2.45) is 0 Å². The summed E-state index contributed by atoms with van der Waals surface area (Å²) in [6.07, 6.45) is 3.30. The monoisotopic (exact) mass is 518 g/mol. The lowest BCUT2D eigenvalue weighted by atomic mass is 9.93. The van der Waals surface area contributed by atoms with E-state index in [1.54, 1.807) is 11.3 Å². The highest BCUT2D eigenvalue weighted by Gasteiger charge is 2.21. The Kier molecular flexibility index (Phi) is 6.84. The van der Waals surface area contributed by atoms with Gasteiger partial charge in [0.05, 0.1) is 35.2 Å². The van der Waals surface area contributed by atoms with Gasteiger partial charge in [-0.2, -0.15) is 4.98 Å². The lowest BCUT2D eigenvalue weighted by Crippen LogP contribution is -2.36. The van der Waals surface area contributed by atoms with Crippen LogP contribution in [0.15, 0.2) is 28.7 Å². The molecule has 8 nitrogen and oxygen atoms in total. The van der Waals surface area contributed by atoms with Gasteiger partial charge in [0.25, 0.3) is 0 Å². The van der Waals surface area contributed by atoms with Crippen LogP contribution in [-0.2, 0) is 11.3 Å². The third-order valence-electron chi connectivity index (χ3n) is 5.88. The number of aliphatic hydroxyl groups excluding tert-OH is 1. The molecule has 32 heavy (non-hydrogen) atoms. The number of aromatic nitrogens is 3. The van der Waals surface area contributed by atoms with Gasteiger partial charge in [-0.3, -0.25) is 4.90 Å². The van der Waals surface area contributed by atoms with E-state index >= 15 is 0 Å². The topological polar surface area (TPSA) is 95.4 Å². The molecule has 170 valence electrons. The Bertz CT molecular complexity index is 1070. The van der Waals surface area contributed by atoms with Crippen molar-refractivity contribution in [2.75, 3.05) is 36.9 Å². The molecular weight excluding hydrogens is 492 g/mol. The molecule has 10 heteroatoms. The second kappa shape index (κ2) is 9.96. The van der Waals surface area contributed by atoms with Crippen LogP contribution >= 0.6 is 27.3 Å². The van der Waals surface area contributed by atoms with E-state index in [1.807, 2.05) is 18.2 Å². The smallest absolute Gasteiger partial charge is 0.225 e. The molecule has 3 aromatic rings. The van der Waals surface area contributed by atoms with Gasteiger partial charge in [0.15, 0.2) is 5.13 Å². The number of fused-ring (bicyclic) bond motifs is 1. The molecule has 0 amide bonds. The van der Waals surface area contributed by atoms with Crippen LogP contribution < -0.4 is 10.6 Å². The number of hydrogen-bond acceptors (Lipinski definition) is 9. The third kappa shape index (κ3) is 5.55. The fourth-order valence-electron chi connectivity index (χ4n) is 4.16. The van der Waals surface area contributed by atoms with Gasteiger partial charge in [0.2, 0.25) is 5.95 Å². The van der Waals surface area contributed by atoms with Crippen LogP contribution in [0.1, 0.15) is 31.4 Å². The Hall–Kier alpha value is -1.85. The van der Waals surface area contributed by atoms with Crippen molar-refractivity contribution in [3.05, 3.63) is 34.4 Å². The first kappa shape index (κ1) is 22.0. The van der Waals surface area contributed by atoms with E-state index in [0.29, 0.717) is 5.95 Å². The summed E-state index contributed by atoms with van der Waals surface area (Å²) in [7, 11) is 0. The molecule has 0 spiro atoms. The molecule has 0 atom stereocenters. The summed E-state index contributed by atoms with van der Waals surface area (Å²) >= 11 is 5.13. The van der Waals surface area contributed by atoms with Crippen LogP contribution in [-0.4, -0.2) is 63.4 Å². The van der Waals surface area contributed by atoms with E-state index in [9.17, 15) is 5.11 Å². The first-order valence-corrected chi connectivity index (χ1v) is 12.7. The minimum Gasteiger partial charge on any atom is -0.393 e. The number of nitrogens with zero attached hydrogens (tertiary/aromatic N) is 4. The number of hydrogen-bond donors (Lipinski definition) is 3. The lowest BCUT2D eigenvalue weighted by molar-refractivity contribution is 0.0336. The maximum atomic E-state index is 9.81. The Morgan fingerprint density at radius 2 is 1.91 bits per heavy atom. The van der Waals surface area contributed by atoms with Gasteiger partial charge in [-0.05, 0) is 43.9 Å². The molecule has 1 aromatic carbocycles. The van der Waals surface area contributed by atoms with Gasteiger partial charge in [0, 0.05) is 36.2 Å². The van der Waals surface area contributed by atoms with Crippen molar-refractivity contribution >= 4 is 54.4 Å². The van der Waals surface area contributed by atoms with Crippen molar-refractivity contribution in [3.63, 3.8) is 0 Å². The average Bonchev–Trinajstić information content (AvgIpc) is 3.17. The summed E-state index contributed by atoms with van der Waals surface area (Å²) in [6, 6.07) is 8.37. The molecule has 1 saturated carbocycles. The first-order chi connectivity index (χ1) is 15.6. The first-order valence-electron chi connectivity index (χ1n) is 11.1. The number of morpholine rings is 1. The summed E-state index contributed by atoms with van der Waals surface area (Å²) in [6.45, 7) is 4.08. The number of thiazole rings is 1. The van der Waals surface area contributed by atoms with E-state index in [1.165, 1.54) is 0 Å². The molecule has 2 fully saturated rings. The maximum Gasteiger partial charge on any atom is 0.225 e. The van der Waals surface area contributed by atoms with Gasteiger partial charge >= 0.3 is 0 Å². The molecule has 5 rings (SSSR count). The zero-order valence-corrected chi connectivity index (χ0v) is 20.2. The van der Waals surface area contributed by atoms with Crippen LogP contribution in [0.2, 0.25) is 0 Å². The fourth-order valence-corrected chi connectivity index (χ4v) is 5.58. The molecule has 3 heterocycles. The van der Waals surface area contributed by atoms with Crippen molar-refractivity contribution in [1.29, 1.82) is 0 Å². The highest BCUT2D eigenvalue weighted by molar-refractivity contribution is 9.10. The summed E-state index contributed by atoms with van der Waals surface area (Å²) in [5, 5.41) is 17.5. The lowest BCUT2D eigenvalue weighted by Gasteiger charge is -2.27. The van der Waals surface area contributed by atoms with Gasteiger partial charge in [-0.1, -0.05) is 27.3 Å². The fraction of sp³-hybridized carbons (Fsp3) is 0.500. The normalized spacial score (nSPS) is 22.2. The van der Waals surface area contributed by atoms with E-state index in [4.69, 9.17) is 19.7 Å². The minimum absolute atomic E-state index is 0.182. The van der Waals surface area contributed by atoms with Gasteiger partial charge in [-0.25, -0.2) is 9.97 Å². The van der Waals surface area contributed by atoms with E-state index in [0.717, 1.165) is 89.9 Å². The summed E-state index contributed by atoms with van der Waals surface area (Å²) in [5.74, 6) is 1.36. The zero-order chi connectivity index (χ0) is 21.9. The molecule has 0 radical (unpaired) electrons. The van der Waals surface area contributed by atoms with Crippen molar-refractivity contribution in [1.82, 2.24) is 19.9 Å². The summed E-state index contributed by atoms with van der Waals surface area (Å²) < 4.78 is 7.64. The highest BCUT2D eigenvalue weighted by atomic mass is 79.9. The molecule has 1 aliphatic carbocycles. The van der Waals surface area contributed by atoms with Crippen LogP contribution in [0, 0.1) is 0 Å². The third-order valence-corrected chi connectivity index (χ3v) is 7.31. The second-order valence-corrected chi connectivity index (χ2v) is 10.3. The Balaban J connectivity index is 1.38. The Morgan fingerprint density at radius 1 is 1.09 bits per heavy atom. The number of benzene rings is 1. The van der Waals surface area contributed by atoms with Gasteiger partial charge < -0.3 is 20.5 Å². The van der Waals surface area contributed by atoms with Crippen molar-refractivity contribution in [2.45, 2.75) is 44.4 Å². The van der Waals surface area contributed by atoms with Crippen molar-refractivity contribution < 1.29 is 9.84 Å². The summed E-state index contributed by atoms with van der Waals surface area (Å²) in [5.41, 5.74) is 1.93. The Morgan fingerprint density at radius 3 is 2.72 bits per heavy atom.